The van der Waals surface area contributed by atoms with Gasteiger partial charge in [0, 0.05) is 20.3 Å². The van der Waals surface area contributed by atoms with Gasteiger partial charge in [-0.25, -0.2) is 4.79 Å². The monoisotopic (exact) mass is 407 g/mol. The number of nitrogens with zero attached hydrogens (tertiary/aromatic N) is 1. The Hall–Kier alpha value is -3.45. The van der Waals surface area contributed by atoms with Gasteiger partial charge >= 0.3 is 5.97 Å². The molecule has 4 rings (SSSR count). The fraction of sp³-hybridized carbons (Fsp3) is 0.261. The van der Waals surface area contributed by atoms with Crippen molar-refractivity contribution in [2.24, 2.45) is 0 Å². The van der Waals surface area contributed by atoms with E-state index < -0.39 is 12.0 Å². The van der Waals surface area contributed by atoms with E-state index in [0.29, 0.717) is 41.7 Å². The molecule has 0 spiro atoms. The van der Waals surface area contributed by atoms with Gasteiger partial charge in [-0.2, -0.15) is 0 Å². The second-order valence-electron chi connectivity index (χ2n) is 7.03. The van der Waals surface area contributed by atoms with Gasteiger partial charge < -0.3 is 18.8 Å². The summed E-state index contributed by atoms with van der Waals surface area (Å²) in [4.78, 5) is 39.9. The lowest BCUT2D eigenvalue weighted by Gasteiger charge is -2.25. The molecule has 1 atom stereocenters. The summed E-state index contributed by atoms with van der Waals surface area (Å²) in [7, 11) is 2.91. The molecular formula is C23H21NO6. The maximum atomic E-state index is 13.3. The van der Waals surface area contributed by atoms with Crippen LogP contribution in [0.3, 0.4) is 0 Å². The third kappa shape index (κ3) is 3.27. The molecule has 2 aromatic carbocycles. The zero-order valence-corrected chi connectivity index (χ0v) is 16.7. The van der Waals surface area contributed by atoms with Gasteiger partial charge in [-0.05, 0) is 36.2 Å². The maximum Gasteiger partial charge on any atom is 0.337 e. The predicted molar refractivity (Wildman–Crippen MR) is 110 cm³/mol. The number of fused-ring (bicyclic) bond motifs is 2. The van der Waals surface area contributed by atoms with Crippen LogP contribution < -0.4 is 5.43 Å². The lowest BCUT2D eigenvalue weighted by molar-refractivity contribution is 0.0599. The van der Waals surface area contributed by atoms with E-state index in [1.165, 1.54) is 7.11 Å². The number of esters is 1. The van der Waals surface area contributed by atoms with Crippen molar-refractivity contribution in [3.05, 3.63) is 81.2 Å². The molecule has 0 aliphatic carbocycles. The van der Waals surface area contributed by atoms with Crippen molar-refractivity contribution in [2.45, 2.75) is 12.5 Å². The molecule has 0 saturated heterocycles. The van der Waals surface area contributed by atoms with Gasteiger partial charge in [0.15, 0.2) is 5.43 Å². The number of benzene rings is 2. The Morgan fingerprint density at radius 2 is 1.80 bits per heavy atom. The zero-order chi connectivity index (χ0) is 21.3. The minimum Gasteiger partial charge on any atom is -0.465 e. The van der Waals surface area contributed by atoms with Crippen molar-refractivity contribution in [1.82, 2.24) is 4.90 Å². The standard InChI is InChI=1S/C23H21NO6/c1-28-13-5-12-24-19(14-8-10-15(11-9-14)23(27)29-2)18-20(25)16-6-3-4-7-17(16)30-21(18)22(24)26/h3-4,6-11,19H,5,12-13H2,1-2H3. The Labute approximate surface area is 172 Å². The number of amides is 1. The lowest BCUT2D eigenvalue weighted by atomic mass is 9.97. The van der Waals surface area contributed by atoms with Gasteiger partial charge in [-0.3, -0.25) is 9.59 Å². The van der Waals surface area contributed by atoms with E-state index >= 15 is 0 Å². The third-order valence-electron chi connectivity index (χ3n) is 5.27. The summed E-state index contributed by atoms with van der Waals surface area (Å²) >= 11 is 0. The minimum absolute atomic E-state index is 0.0677. The summed E-state index contributed by atoms with van der Waals surface area (Å²) in [6, 6.07) is 13.0. The molecule has 0 bridgehead atoms. The van der Waals surface area contributed by atoms with Crippen molar-refractivity contribution in [2.75, 3.05) is 27.4 Å². The predicted octanol–water partition coefficient (Wildman–Crippen LogP) is 3.16. The van der Waals surface area contributed by atoms with Gasteiger partial charge in [-0.15, -0.1) is 0 Å². The molecule has 1 aliphatic heterocycles. The molecule has 0 N–H and O–H groups in total. The Morgan fingerprint density at radius 3 is 2.50 bits per heavy atom. The van der Waals surface area contributed by atoms with E-state index in [0.717, 1.165) is 5.56 Å². The van der Waals surface area contributed by atoms with Crippen molar-refractivity contribution in [3.63, 3.8) is 0 Å². The Balaban J connectivity index is 1.85. The average molecular weight is 407 g/mol. The number of para-hydroxylation sites is 1. The zero-order valence-electron chi connectivity index (χ0n) is 16.7. The normalized spacial score (nSPS) is 15.5. The quantitative estimate of drug-likeness (QED) is 0.461. The fourth-order valence-corrected chi connectivity index (χ4v) is 3.84. The molecule has 7 nitrogen and oxygen atoms in total. The van der Waals surface area contributed by atoms with Gasteiger partial charge in [-0.1, -0.05) is 24.3 Å². The highest BCUT2D eigenvalue weighted by Crippen LogP contribution is 2.38. The van der Waals surface area contributed by atoms with Crippen LogP contribution in [0.5, 0.6) is 0 Å². The van der Waals surface area contributed by atoms with Crippen LogP contribution in [0.15, 0.2) is 57.7 Å². The third-order valence-corrected chi connectivity index (χ3v) is 5.27. The Kier molecular flexibility index (Phi) is 5.37. The van der Waals surface area contributed by atoms with E-state index in [9.17, 15) is 14.4 Å². The number of methoxy groups -OCH3 is 2. The molecule has 30 heavy (non-hydrogen) atoms. The van der Waals surface area contributed by atoms with E-state index in [4.69, 9.17) is 13.9 Å². The molecule has 1 aliphatic rings. The van der Waals surface area contributed by atoms with Crippen LogP contribution in [0.1, 0.15) is 44.5 Å². The second-order valence-corrected chi connectivity index (χ2v) is 7.03. The highest BCUT2D eigenvalue weighted by molar-refractivity contribution is 5.99. The summed E-state index contributed by atoms with van der Waals surface area (Å²) in [5.74, 6) is -0.712. The molecule has 154 valence electrons. The largest absolute Gasteiger partial charge is 0.465 e. The summed E-state index contributed by atoms with van der Waals surface area (Å²) in [6.45, 7) is 0.882. The number of rotatable bonds is 6. The van der Waals surface area contributed by atoms with Gasteiger partial charge in [0.05, 0.1) is 29.7 Å². The molecular weight excluding hydrogens is 386 g/mol. The summed E-state index contributed by atoms with van der Waals surface area (Å²) in [5, 5.41) is 0.430. The van der Waals surface area contributed by atoms with Crippen LogP contribution in [-0.4, -0.2) is 44.1 Å². The van der Waals surface area contributed by atoms with Crippen LogP contribution in [0.2, 0.25) is 0 Å². The lowest BCUT2D eigenvalue weighted by Crippen LogP contribution is -2.31. The molecule has 0 saturated carbocycles. The van der Waals surface area contributed by atoms with Crippen molar-refractivity contribution >= 4 is 22.8 Å². The molecule has 0 radical (unpaired) electrons. The summed E-state index contributed by atoms with van der Waals surface area (Å²) in [6.07, 6.45) is 0.612. The first-order chi connectivity index (χ1) is 14.6. The van der Waals surface area contributed by atoms with Gasteiger partial charge in [0.25, 0.3) is 5.91 Å². The van der Waals surface area contributed by atoms with Crippen LogP contribution >= 0.6 is 0 Å². The summed E-state index contributed by atoms with van der Waals surface area (Å²) < 4.78 is 15.7. The number of ether oxygens (including phenoxy) is 2. The molecule has 1 unspecified atom stereocenters. The second kappa shape index (κ2) is 8.12. The molecule has 1 amide bonds. The molecule has 3 aromatic rings. The van der Waals surface area contributed by atoms with Gasteiger partial charge in [0.1, 0.15) is 5.58 Å². The van der Waals surface area contributed by atoms with Crippen LogP contribution in [0, 0.1) is 0 Å². The van der Waals surface area contributed by atoms with Crippen LogP contribution in [0.25, 0.3) is 11.0 Å². The summed E-state index contributed by atoms with van der Waals surface area (Å²) in [5.41, 5.74) is 1.59. The minimum atomic E-state index is -0.600. The van der Waals surface area contributed by atoms with E-state index in [1.807, 2.05) is 0 Å². The topological polar surface area (TPSA) is 86.0 Å². The maximum absolute atomic E-state index is 13.3. The number of hydrogen-bond donors (Lipinski definition) is 0. The van der Waals surface area contributed by atoms with E-state index in [-0.39, 0.29) is 17.1 Å². The molecule has 2 heterocycles. The van der Waals surface area contributed by atoms with Crippen molar-refractivity contribution < 1.29 is 23.5 Å². The first-order valence-electron chi connectivity index (χ1n) is 9.60. The average Bonchev–Trinajstić information content (AvgIpc) is 3.06. The highest BCUT2D eigenvalue weighted by Gasteiger charge is 2.42. The highest BCUT2D eigenvalue weighted by atomic mass is 16.5. The number of carbonyl (C=O) groups excluding carboxylic acids is 2. The first kappa shape index (κ1) is 19.8. The van der Waals surface area contributed by atoms with Crippen LogP contribution in [-0.2, 0) is 9.47 Å². The Bertz CT molecular complexity index is 1160. The first-order valence-corrected chi connectivity index (χ1v) is 9.60. The molecule has 0 fully saturated rings. The van der Waals surface area contributed by atoms with Crippen LogP contribution in [0.4, 0.5) is 0 Å². The Morgan fingerprint density at radius 1 is 1.07 bits per heavy atom. The number of carbonyl (C=O) groups is 2. The van der Waals surface area contributed by atoms with Gasteiger partial charge in [0.2, 0.25) is 5.76 Å². The fourth-order valence-electron chi connectivity index (χ4n) is 3.84. The molecule has 7 heteroatoms. The SMILES string of the molecule is COCCCN1C(=O)c2oc3ccccc3c(=O)c2C1c1ccc(C(=O)OC)cc1. The van der Waals surface area contributed by atoms with E-state index in [1.54, 1.807) is 60.5 Å². The molecule has 1 aromatic heterocycles. The smallest absolute Gasteiger partial charge is 0.337 e. The van der Waals surface area contributed by atoms with Crippen molar-refractivity contribution in [3.8, 4) is 0 Å². The van der Waals surface area contributed by atoms with Crippen molar-refractivity contribution in [1.29, 1.82) is 0 Å². The van der Waals surface area contributed by atoms with E-state index in [2.05, 4.69) is 0 Å². The number of hydrogen-bond acceptors (Lipinski definition) is 6.